The Morgan fingerprint density at radius 1 is 0.610 bits per heavy atom. The number of fused-ring (bicyclic) bond motifs is 9. The number of benzene rings is 7. The highest BCUT2D eigenvalue weighted by molar-refractivity contribution is 6.16. The molecule has 0 aliphatic heterocycles. The van der Waals surface area contributed by atoms with Gasteiger partial charge >= 0.3 is 0 Å². The molecule has 0 spiro atoms. The second kappa shape index (κ2) is 13.7. The molecule has 9 aromatic rings. The fraction of sp³-hybridized carbons (Fsp3) is 0.109. The maximum absolute atomic E-state index is 7.20. The lowest BCUT2D eigenvalue weighted by Crippen LogP contribution is -2.15. The van der Waals surface area contributed by atoms with Crippen molar-refractivity contribution in [3.05, 3.63) is 210 Å². The minimum atomic E-state index is -0.240. The smallest absolute Gasteiger partial charge is 0.0668 e. The van der Waals surface area contributed by atoms with E-state index in [0.29, 0.717) is 12.2 Å². The van der Waals surface area contributed by atoms with Crippen molar-refractivity contribution in [3.63, 3.8) is 0 Å². The number of nitrogens with two attached hydrogens (primary N) is 1. The largest absolute Gasteiger partial charge is 0.398 e. The van der Waals surface area contributed by atoms with Gasteiger partial charge in [-0.1, -0.05) is 135 Å². The SMILES string of the molecule is CC1(C)c2cc3c(cc2-c2cc4c5ccccc5n(-c5ccccc5/C(N)=C/C(=NCc5ccccc5)C5=CCCC=C5)c4cc21)c1ccccc1n3-c1ccccc1. The standard InChI is InChI=1S/C55H44N4/c1-55(2)46-32-53-44(39-24-12-15-27-50(39)58(53)38-22-10-5-11-23-38)30-42(46)43-31-45-40-25-13-16-28-51(40)59(54(45)33-47(43)55)52-29-17-14-26-41(52)48(56)34-49(37-20-8-4-9-21-37)57-35-36-18-6-3-7-19-36/h3,5-8,10-34H,4,9,35,56H2,1-2H3/b48-34-,57-49?. The molecule has 0 atom stereocenters. The van der Waals surface area contributed by atoms with Gasteiger partial charge in [0.05, 0.1) is 40.0 Å². The van der Waals surface area contributed by atoms with Crippen LogP contribution in [0.3, 0.4) is 0 Å². The van der Waals surface area contributed by atoms with E-state index < -0.39 is 0 Å². The average molecular weight is 761 g/mol. The fourth-order valence-electron chi connectivity index (χ4n) is 9.69. The molecule has 0 saturated heterocycles. The summed E-state index contributed by atoms with van der Waals surface area (Å²) in [6.45, 7) is 5.36. The van der Waals surface area contributed by atoms with Crippen LogP contribution in [-0.4, -0.2) is 14.8 Å². The predicted molar refractivity (Wildman–Crippen MR) is 249 cm³/mol. The van der Waals surface area contributed by atoms with E-state index >= 15 is 0 Å². The second-order valence-electron chi connectivity index (χ2n) is 16.4. The third kappa shape index (κ3) is 5.62. The van der Waals surface area contributed by atoms with Gasteiger partial charge in [0.25, 0.3) is 0 Å². The molecule has 11 rings (SSSR count). The zero-order valence-corrected chi connectivity index (χ0v) is 33.4. The minimum absolute atomic E-state index is 0.240. The molecule has 2 aliphatic rings. The highest BCUT2D eigenvalue weighted by Gasteiger charge is 2.37. The van der Waals surface area contributed by atoms with Gasteiger partial charge in [-0.25, -0.2) is 0 Å². The fourth-order valence-corrected chi connectivity index (χ4v) is 9.69. The second-order valence-corrected chi connectivity index (χ2v) is 16.4. The Morgan fingerprint density at radius 2 is 1.19 bits per heavy atom. The van der Waals surface area contributed by atoms with Gasteiger partial charge in [-0.3, -0.25) is 4.99 Å². The Bertz CT molecular complexity index is 3260. The van der Waals surface area contributed by atoms with Crippen LogP contribution < -0.4 is 5.73 Å². The Balaban J connectivity index is 1.10. The van der Waals surface area contributed by atoms with Gasteiger partial charge in [-0.2, -0.15) is 0 Å². The van der Waals surface area contributed by atoms with Crippen LogP contribution in [0.2, 0.25) is 0 Å². The molecule has 0 saturated carbocycles. The molecule has 0 bridgehead atoms. The highest BCUT2D eigenvalue weighted by Crippen LogP contribution is 2.53. The first-order chi connectivity index (χ1) is 29.0. The lowest BCUT2D eigenvalue weighted by Gasteiger charge is -2.22. The lowest BCUT2D eigenvalue weighted by molar-refractivity contribution is 0.661. The van der Waals surface area contributed by atoms with E-state index in [1.165, 1.54) is 71.6 Å². The highest BCUT2D eigenvalue weighted by atomic mass is 15.0. The molecular weight excluding hydrogens is 717 g/mol. The molecule has 284 valence electrons. The van der Waals surface area contributed by atoms with Crippen LogP contribution >= 0.6 is 0 Å². The van der Waals surface area contributed by atoms with Crippen molar-refractivity contribution in [2.24, 2.45) is 10.7 Å². The molecule has 4 nitrogen and oxygen atoms in total. The van der Waals surface area contributed by atoms with Gasteiger partial charge in [-0.05, 0) is 107 Å². The molecular formula is C55H44N4. The molecule has 4 heteroatoms. The van der Waals surface area contributed by atoms with E-state index in [-0.39, 0.29) is 5.41 Å². The lowest BCUT2D eigenvalue weighted by atomic mass is 9.82. The van der Waals surface area contributed by atoms with Gasteiger partial charge < -0.3 is 14.9 Å². The van der Waals surface area contributed by atoms with E-state index in [9.17, 15) is 0 Å². The summed E-state index contributed by atoms with van der Waals surface area (Å²) in [7, 11) is 0. The van der Waals surface area contributed by atoms with Crippen LogP contribution in [0.4, 0.5) is 0 Å². The number of para-hydroxylation sites is 4. The summed E-state index contributed by atoms with van der Waals surface area (Å²) >= 11 is 0. The Morgan fingerprint density at radius 3 is 1.85 bits per heavy atom. The average Bonchev–Trinajstić information content (AvgIpc) is 3.86. The van der Waals surface area contributed by atoms with E-state index in [4.69, 9.17) is 10.7 Å². The molecule has 59 heavy (non-hydrogen) atoms. The Hall–Kier alpha value is -7.17. The van der Waals surface area contributed by atoms with Crippen LogP contribution in [0.15, 0.2) is 193 Å². The molecule has 2 heterocycles. The van der Waals surface area contributed by atoms with Gasteiger partial charge in [0.15, 0.2) is 0 Å². The van der Waals surface area contributed by atoms with Crippen LogP contribution in [0.25, 0.3) is 71.8 Å². The number of aromatic nitrogens is 2. The van der Waals surface area contributed by atoms with Crippen LogP contribution in [0, 0.1) is 0 Å². The maximum Gasteiger partial charge on any atom is 0.0668 e. The summed E-state index contributed by atoms with van der Waals surface area (Å²) in [6.07, 6.45) is 10.8. The first-order valence-corrected chi connectivity index (χ1v) is 20.7. The van der Waals surface area contributed by atoms with Crippen molar-refractivity contribution in [2.75, 3.05) is 0 Å². The molecule has 0 amide bonds. The minimum Gasteiger partial charge on any atom is -0.398 e. The van der Waals surface area contributed by atoms with E-state index in [0.717, 1.165) is 40.9 Å². The van der Waals surface area contributed by atoms with Gasteiger partial charge in [0.2, 0.25) is 0 Å². The number of nitrogens with zero attached hydrogens (tertiary/aromatic N) is 3. The molecule has 7 aromatic carbocycles. The molecule has 0 fully saturated rings. The first-order valence-electron chi connectivity index (χ1n) is 20.7. The van der Waals surface area contributed by atoms with Crippen LogP contribution in [-0.2, 0) is 12.0 Å². The van der Waals surface area contributed by atoms with E-state index in [2.05, 4.69) is 199 Å². The summed E-state index contributed by atoms with van der Waals surface area (Å²) < 4.78 is 4.85. The summed E-state index contributed by atoms with van der Waals surface area (Å²) in [6, 6.07) is 57.2. The number of allylic oxidation sites excluding steroid dienone is 5. The number of rotatable bonds is 7. The van der Waals surface area contributed by atoms with Crippen molar-refractivity contribution in [2.45, 2.75) is 38.6 Å². The van der Waals surface area contributed by atoms with Crippen LogP contribution in [0.1, 0.15) is 48.9 Å². The predicted octanol–water partition coefficient (Wildman–Crippen LogP) is 13.4. The summed E-state index contributed by atoms with van der Waals surface area (Å²) in [4.78, 5) is 5.14. The van der Waals surface area contributed by atoms with Crippen molar-refractivity contribution >= 4 is 55.0 Å². The van der Waals surface area contributed by atoms with Crippen LogP contribution in [0.5, 0.6) is 0 Å². The number of hydrogen-bond acceptors (Lipinski definition) is 2. The summed E-state index contributed by atoms with van der Waals surface area (Å²) in [5.41, 5.74) is 24.1. The Kier molecular flexibility index (Phi) is 8.16. The van der Waals surface area contributed by atoms with Crippen molar-refractivity contribution < 1.29 is 0 Å². The zero-order valence-electron chi connectivity index (χ0n) is 33.4. The molecule has 2 aliphatic carbocycles. The molecule has 2 aromatic heterocycles. The maximum atomic E-state index is 7.20. The van der Waals surface area contributed by atoms with Gasteiger partial charge in [0, 0.05) is 43.9 Å². The first kappa shape index (κ1) is 35.0. The number of hydrogen-bond donors (Lipinski definition) is 1. The van der Waals surface area contributed by atoms with Gasteiger partial charge in [0.1, 0.15) is 0 Å². The third-order valence-corrected chi connectivity index (χ3v) is 12.6. The van der Waals surface area contributed by atoms with Gasteiger partial charge in [-0.15, -0.1) is 0 Å². The Labute approximate surface area is 344 Å². The number of aliphatic imine (C=N–C) groups is 1. The third-order valence-electron chi connectivity index (χ3n) is 12.6. The van der Waals surface area contributed by atoms with E-state index in [1.807, 2.05) is 6.07 Å². The van der Waals surface area contributed by atoms with E-state index in [1.54, 1.807) is 0 Å². The summed E-state index contributed by atoms with van der Waals surface area (Å²) in [5.74, 6) is 0. The molecule has 0 unspecified atom stereocenters. The zero-order chi connectivity index (χ0) is 39.7. The molecule has 2 N–H and O–H groups in total. The topological polar surface area (TPSA) is 48.2 Å². The van der Waals surface area contributed by atoms with Crippen molar-refractivity contribution in [3.8, 4) is 22.5 Å². The monoisotopic (exact) mass is 760 g/mol. The summed E-state index contributed by atoms with van der Waals surface area (Å²) in [5, 5.41) is 4.99. The normalized spacial score (nSPS) is 15.0. The van der Waals surface area contributed by atoms with Crippen molar-refractivity contribution in [1.82, 2.24) is 9.13 Å². The molecule has 0 radical (unpaired) electrons. The quantitative estimate of drug-likeness (QED) is 0.162. The van der Waals surface area contributed by atoms with Crippen molar-refractivity contribution in [1.29, 1.82) is 0 Å².